The predicted octanol–water partition coefficient (Wildman–Crippen LogP) is 0.666. The Bertz CT molecular complexity index is 389. The van der Waals surface area contributed by atoms with Gasteiger partial charge in [0.15, 0.2) is 5.75 Å². The molecule has 0 aliphatic heterocycles. The molecule has 1 unspecified atom stereocenters. The maximum atomic E-state index is 5.49. The van der Waals surface area contributed by atoms with Crippen LogP contribution in [0.1, 0.15) is 18.7 Å². The third kappa shape index (κ3) is 4.77. The van der Waals surface area contributed by atoms with E-state index in [2.05, 4.69) is 60.0 Å². The minimum atomic E-state index is 0.217. The highest BCUT2D eigenvalue weighted by Crippen LogP contribution is 2.25. The van der Waals surface area contributed by atoms with Crippen molar-refractivity contribution in [3.8, 4) is 5.75 Å². The summed E-state index contributed by atoms with van der Waals surface area (Å²) in [5, 5.41) is 8.00. The lowest BCUT2D eigenvalue weighted by Crippen LogP contribution is -2.33. The fourth-order valence-corrected chi connectivity index (χ4v) is 2.22. The molecule has 20 heavy (non-hydrogen) atoms. The van der Waals surface area contributed by atoms with Crippen molar-refractivity contribution in [1.29, 1.82) is 0 Å². The fourth-order valence-electron chi connectivity index (χ4n) is 2.22. The Morgan fingerprint density at radius 3 is 2.50 bits per heavy atom. The van der Waals surface area contributed by atoms with E-state index in [1.165, 1.54) is 0 Å². The molecule has 1 N–H and O–H groups in total. The molecule has 1 aromatic heterocycles. The molecule has 1 atom stereocenters. The average molecular weight is 283 g/mol. The van der Waals surface area contributed by atoms with E-state index in [1.807, 2.05) is 6.20 Å². The molecule has 1 rings (SSSR count). The molecule has 0 fully saturated rings. The summed E-state index contributed by atoms with van der Waals surface area (Å²) >= 11 is 0. The zero-order valence-electron chi connectivity index (χ0n) is 13.7. The van der Waals surface area contributed by atoms with Crippen molar-refractivity contribution >= 4 is 0 Å². The summed E-state index contributed by atoms with van der Waals surface area (Å²) < 4.78 is 7.54. The lowest BCUT2D eigenvalue weighted by atomic mass is 10.1. The van der Waals surface area contributed by atoms with Gasteiger partial charge < -0.3 is 19.9 Å². The van der Waals surface area contributed by atoms with Gasteiger partial charge in [-0.25, -0.2) is 0 Å². The van der Waals surface area contributed by atoms with Crippen LogP contribution in [-0.2, 0) is 6.54 Å². The number of aromatic nitrogens is 2. The molecule has 0 spiro atoms. The summed E-state index contributed by atoms with van der Waals surface area (Å²) in [5.74, 6) is 0.858. The second-order valence-corrected chi connectivity index (χ2v) is 5.50. The van der Waals surface area contributed by atoms with Crippen LogP contribution in [0.25, 0.3) is 0 Å². The first-order valence-electron chi connectivity index (χ1n) is 7.12. The first kappa shape index (κ1) is 16.9. The molecule has 0 aliphatic rings. The van der Waals surface area contributed by atoms with Gasteiger partial charge in [0.2, 0.25) is 0 Å². The molecular weight excluding hydrogens is 254 g/mol. The summed E-state index contributed by atoms with van der Waals surface area (Å²) in [6.07, 6.45) is 1.81. The van der Waals surface area contributed by atoms with Crippen LogP contribution < -0.4 is 10.1 Å². The van der Waals surface area contributed by atoms with Crippen LogP contribution in [0.15, 0.2) is 6.20 Å². The molecule has 0 amide bonds. The summed E-state index contributed by atoms with van der Waals surface area (Å²) in [4.78, 5) is 4.34. The maximum Gasteiger partial charge on any atom is 0.161 e. The smallest absolute Gasteiger partial charge is 0.161 e. The Morgan fingerprint density at radius 2 is 2.00 bits per heavy atom. The Hall–Kier alpha value is -1.11. The van der Waals surface area contributed by atoms with Gasteiger partial charge in [-0.05, 0) is 34.7 Å². The van der Waals surface area contributed by atoms with Crippen LogP contribution in [-0.4, -0.2) is 74.5 Å². The molecule has 1 aromatic rings. The van der Waals surface area contributed by atoms with E-state index in [1.54, 1.807) is 7.11 Å². The van der Waals surface area contributed by atoms with Gasteiger partial charge in [-0.15, -0.1) is 0 Å². The molecule has 0 aromatic carbocycles. The highest BCUT2D eigenvalue weighted by Gasteiger charge is 2.21. The predicted molar refractivity (Wildman–Crippen MR) is 82.3 cm³/mol. The molecule has 1 heterocycles. The first-order chi connectivity index (χ1) is 9.49. The summed E-state index contributed by atoms with van der Waals surface area (Å²) in [6.45, 7) is 5.77. The van der Waals surface area contributed by atoms with Crippen molar-refractivity contribution in [2.45, 2.75) is 19.5 Å². The summed E-state index contributed by atoms with van der Waals surface area (Å²) in [5.41, 5.74) is 1.13. The van der Waals surface area contributed by atoms with Gasteiger partial charge in [-0.3, -0.25) is 4.68 Å². The standard InChI is InChI=1S/C14H29N5O/c1-7-15-12(11-18(4)5)14-13(20-6)10-16-19(14)9-8-17(2)3/h10,12,15H,7-9,11H2,1-6H3. The topological polar surface area (TPSA) is 45.6 Å². The van der Waals surface area contributed by atoms with Crippen LogP contribution in [0, 0.1) is 0 Å². The van der Waals surface area contributed by atoms with E-state index in [0.29, 0.717) is 0 Å². The van der Waals surface area contributed by atoms with Crippen LogP contribution in [0.4, 0.5) is 0 Å². The Balaban J connectivity index is 2.99. The van der Waals surface area contributed by atoms with Gasteiger partial charge in [0.1, 0.15) is 0 Å². The van der Waals surface area contributed by atoms with Crippen LogP contribution >= 0.6 is 0 Å². The fraction of sp³-hybridized carbons (Fsp3) is 0.786. The zero-order chi connectivity index (χ0) is 15.1. The van der Waals surface area contributed by atoms with Crippen molar-refractivity contribution in [2.24, 2.45) is 0 Å². The normalized spacial score (nSPS) is 13.2. The van der Waals surface area contributed by atoms with Crippen molar-refractivity contribution < 1.29 is 4.74 Å². The van der Waals surface area contributed by atoms with E-state index in [0.717, 1.165) is 37.6 Å². The summed E-state index contributed by atoms with van der Waals surface area (Å²) in [7, 11) is 10.0. The van der Waals surface area contributed by atoms with Crippen molar-refractivity contribution in [1.82, 2.24) is 24.9 Å². The monoisotopic (exact) mass is 283 g/mol. The molecule has 6 heteroatoms. The van der Waals surface area contributed by atoms with Crippen LogP contribution in [0.2, 0.25) is 0 Å². The molecular formula is C14H29N5O. The Kier molecular flexibility index (Phi) is 6.98. The van der Waals surface area contributed by atoms with Crippen LogP contribution in [0.5, 0.6) is 5.75 Å². The number of methoxy groups -OCH3 is 1. The minimum Gasteiger partial charge on any atom is -0.493 e. The summed E-state index contributed by atoms with van der Waals surface area (Å²) in [6, 6.07) is 0.217. The maximum absolute atomic E-state index is 5.49. The van der Waals surface area contributed by atoms with Crippen molar-refractivity contribution in [2.75, 3.05) is 54.9 Å². The molecule has 6 nitrogen and oxygen atoms in total. The number of hydrogen-bond acceptors (Lipinski definition) is 5. The number of nitrogens with one attached hydrogen (secondary N) is 1. The lowest BCUT2D eigenvalue weighted by Gasteiger charge is -2.24. The van der Waals surface area contributed by atoms with E-state index in [9.17, 15) is 0 Å². The van der Waals surface area contributed by atoms with Gasteiger partial charge in [0, 0.05) is 13.1 Å². The second kappa shape index (κ2) is 8.24. The van der Waals surface area contributed by atoms with Crippen molar-refractivity contribution in [3.05, 3.63) is 11.9 Å². The number of nitrogens with zero attached hydrogens (tertiary/aromatic N) is 4. The molecule has 116 valence electrons. The van der Waals surface area contributed by atoms with Gasteiger partial charge >= 0.3 is 0 Å². The molecule has 0 saturated heterocycles. The molecule has 0 radical (unpaired) electrons. The second-order valence-electron chi connectivity index (χ2n) is 5.50. The highest BCUT2D eigenvalue weighted by atomic mass is 16.5. The molecule has 0 aliphatic carbocycles. The van der Waals surface area contributed by atoms with Gasteiger partial charge in [-0.1, -0.05) is 6.92 Å². The SMILES string of the molecule is CCNC(CN(C)C)c1c(OC)cnn1CCN(C)C. The first-order valence-corrected chi connectivity index (χ1v) is 7.12. The number of likely N-dealkylation sites (N-methyl/N-ethyl adjacent to an activating group) is 3. The van der Waals surface area contributed by atoms with E-state index >= 15 is 0 Å². The number of hydrogen-bond donors (Lipinski definition) is 1. The average Bonchev–Trinajstić information content (AvgIpc) is 2.78. The molecule has 0 bridgehead atoms. The molecule has 0 saturated carbocycles. The van der Waals surface area contributed by atoms with E-state index in [-0.39, 0.29) is 6.04 Å². The number of rotatable bonds is 9. The third-order valence-corrected chi connectivity index (χ3v) is 3.15. The Morgan fingerprint density at radius 1 is 1.30 bits per heavy atom. The largest absolute Gasteiger partial charge is 0.493 e. The lowest BCUT2D eigenvalue weighted by molar-refractivity contribution is 0.312. The quantitative estimate of drug-likeness (QED) is 0.721. The minimum absolute atomic E-state index is 0.217. The number of ether oxygens (including phenoxy) is 1. The van der Waals surface area contributed by atoms with Crippen molar-refractivity contribution in [3.63, 3.8) is 0 Å². The van der Waals surface area contributed by atoms with Gasteiger partial charge in [0.25, 0.3) is 0 Å². The van der Waals surface area contributed by atoms with E-state index in [4.69, 9.17) is 4.74 Å². The van der Waals surface area contributed by atoms with Gasteiger partial charge in [-0.2, -0.15) is 5.10 Å². The van der Waals surface area contributed by atoms with Gasteiger partial charge in [0.05, 0.1) is 31.6 Å². The van der Waals surface area contributed by atoms with Crippen LogP contribution in [0.3, 0.4) is 0 Å². The third-order valence-electron chi connectivity index (χ3n) is 3.15. The highest BCUT2D eigenvalue weighted by molar-refractivity contribution is 5.28. The van der Waals surface area contributed by atoms with E-state index < -0.39 is 0 Å². The zero-order valence-corrected chi connectivity index (χ0v) is 13.7. The Labute approximate surface area is 122 Å².